The second-order valence-corrected chi connectivity index (χ2v) is 5.84. The van der Waals surface area contributed by atoms with Crippen molar-refractivity contribution >= 4 is 16.9 Å². The zero-order valence-corrected chi connectivity index (χ0v) is 13.4. The first-order valence-corrected chi connectivity index (χ1v) is 7.75. The highest BCUT2D eigenvalue weighted by atomic mass is 16.1. The number of benzene rings is 1. The predicted molar refractivity (Wildman–Crippen MR) is 89.9 cm³/mol. The molecule has 0 spiro atoms. The van der Waals surface area contributed by atoms with Gasteiger partial charge in [0.1, 0.15) is 0 Å². The summed E-state index contributed by atoms with van der Waals surface area (Å²) in [6.45, 7) is 4.70. The van der Waals surface area contributed by atoms with Gasteiger partial charge < -0.3 is 9.88 Å². The predicted octanol–water partition coefficient (Wildman–Crippen LogP) is 2.87. The van der Waals surface area contributed by atoms with E-state index >= 15 is 0 Å². The first-order valence-electron chi connectivity index (χ1n) is 7.75. The number of carbonyl (C=O) groups is 1. The number of nitrogens with one attached hydrogen (secondary N) is 1. The van der Waals surface area contributed by atoms with Crippen LogP contribution in [0.15, 0.2) is 48.9 Å². The fourth-order valence-corrected chi connectivity index (χ4v) is 2.54. The summed E-state index contributed by atoms with van der Waals surface area (Å²) in [5, 5.41) is 2.89. The van der Waals surface area contributed by atoms with Crippen molar-refractivity contribution in [2.24, 2.45) is 0 Å². The minimum absolute atomic E-state index is 0.0155. The van der Waals surface area contributed by atoms with Gasteiger partial charge in [0, 0.05) is 12.2 Å². The van der Waals surface area contributed by atoms with Crippen LogP contribution in [0.5, 0.6) is 0 Å². The minimum atomic E-state index is -0.0155. The summed E-state index contributed by atoms with van der Waals surface area (Å²) in [4.78, 5) is 20.7. The van der Waals surface area contributed by atoms with E-state index in [1.54, 1.807) is 6.20 Å². The SMILES string of the molecule is CC(C)n1cnc2cc(CC(=O)NCc3ccccn3)ccc21. The van der Waals surface area contributed by atoms with Crippen molar-refractivity contribution in [3.63, 3.8) is 0 Å². The van der Waals surface area contributed by atoms with E-state index in [0.29, 0.717) is 19.0 Å². The quantitative estimate of drug-likeness (QED) is 0.788. The van der Waals surface area contributed by atoms with E-state index < -0.39 is 0 Å². The third-order valence-electron chi connectivity index (χ3n) is 3.75. The van der Waals surface area contributed by atoms with Gasteiger partial charge >= 0.3 is 0 Å². The molecule has 0 unspecified atom stereocenters. The lowest BCUT2D eigenvalue weighted by molar-refractivity contribution is -0.120. The fourth-order valence-electron chi connectivity index (χ4n) is 2.54. The second kappa shape index (κ2) is 6.60. The molecule has 1 N–H and O–H groups in total. The molecule has 0 atom stereocenters. The van der Waals surface area contributed by atoms with E-state index in [1.807, 2.05) is 42.7 Å². The van der Waals surface area contributed by atoms with E-state index in [4.69, 9.17) is 0 Å². The van der Waals surface area contributed by atoms with Gasteiger partial charge in [-0.1, -0.05) is 12.1 Å². The van der Waals surface area contributed by atoms with Crippen LogP contribution < -0.4 is 5.32 Å². The Kier molecular flexibility index (Phi) is 4.37. The Labute approximate surface area is 135 Å². The molecule has 1 amide bonds. The Balaban J connectivity index is 1.65. The number of carbonyl (C=O) groups excluding carboxylic acids is 1. The second-order valence-electron chi connectivity index (χ2n) is 5.84. The molecule has 0 aliphatic heterocycles. The number of hydrogen-bond donors (Lipinski definition) is 1. The molecular weight excluding hydrogens is 288 g/mol. The average Bonchev–Trinajstić information content (AvgIpc) is 2.97. The van der Waals surface area contributed by atoms with Gasteiger partial charge in [0.2, 0.25) is 5.91 Å². The van der Waals surface area contributed by atoms with Crippen LogP contribution in [0.4, 0.5) is 0 Å². The first-order chi connectivity index (χ1) is 11.1. The number of fused-ring (bicyclic) bond motifs is 1. The van der Waals surface area contributed by atoms with Crippen LogP contribution in [0.3, 0.4) is 0 Å². The highest BCUT2D eigenvalue weighted by Gasteiger charge is 2.08. The van der Waals surface area contributed by atoms with Gasteiger partial charge in [0.15, 0.2) is 0 Å². The van der Waals surface area contributed by atoms with Gasteiger partial charge in [-0.05, 0) is 43.7 Å². The van der Waals surface area contributed by atoms with Crippen molar-refractivity contribution < 1.29 is 4.79 Å². The number of nitrogens with zero attached hydrogens (tertiary/aromatic N) is 3. The Hall–Kier alpha value is -2.69. The molecule has 0 radical (unpaired) electrons. The standard InChI is InChI=1S/C18H20N4O/c1-13(2)22-12-21-16-9-14(6-7-17(16)22)10-18(23)20-11-15-5-3-4-8-19-15/h3-9,12-13H,10-11H2,1-2H3,(H,20,23). The van der Waals surface area contributed by atoms with Crippen LogP contribution in [-0.4, -0.2) is 20.4 Å². The summed E-state index contributed by atoms with van der Waals surface area (Å²) in [7, 11) is 0. The van der Waals surface area contributed by atoms with Crippen LogP contribution >= 0.6 is 0 Å². The summed E-state index contributed by atoms with van der Waals surface area (Å²) in [5.74, 6) is -0.0155. The summed E-state index contributed by atoms with van der Waals surface area (Å²) in [6, 6.07) is 12.0. The molecule has 0 aliphatic rings. The van der Waals surface area contributed by atoms with Gasteiger partial charge in [0.05, 0.1) is 36.0 Å². The Morgan fingerprint density at radius 1 is 1.22 bits per heavy atom. The molecular formula is C18H20N4O. The molecule has 2 aromatic heterocycles. The highest BCUT2D eigenvalue weighted by molar-refractivity contribution is 5.81. The van der Waals surface area contributed by atoms with Crippen LogP contribution in [0.1, 0.15) is 31.1 Å². The largest absolute Gasteiger partial charge is 0.350 e. The maximum Gasteiger partial charge on any atom is 0.224 e. The molecule has 0 fully saturated rings. The minimum Gasteiger partial charge on any atom is -0.350 e. The van der Waals surface area contributed by atoms with Gasteiger partial charge in [-0.15, -0.1) is 0 Å². The van der Waals surface area contributed by atoms with Crippen LogP contribution in [0.2, 0.25) is 0 Å². The molecule has 0 aliphatic carbocycles. The van der Waals surface area contributed by atoms with Crippen LogP contribution in [-0.2, 0) is 17.8 Å². The monoisotopic (exact) mass is 308 g/mol. The normalized spacial score (nSPS) is 11.1. The molecule has 5 heteroatoms. The van der Waals surface area contributed by atoms with Gasteiger partial charge in [-0.25, -0.2) is 4.98 Å². The van der Waals surface area contributed by atoms with E-state index in [1.165, 1.54) is 0 Å². The summed E-state index contributed by atoms with van der Waals surface area (Å²) in [5.41, 5.74) is 3.84. The van der Waals surface area contributed by atoms with Gasteiger partial charge in [-0.3, -0.25) is 9.78 Å². The lowest BCUT2D eigenvalue weighted by Crippen LogP contribution is -2.24. The number of rotatable bonds is 5. The third kappa shape index (κ3) is 3.56. The molecule has 118 valence electrons. The van der Waals surface area contributed by atoms with Gasteiger partial charge in [-0.2, -0.15) is 0 Å². The average molecular weight is 308 g/mol. The van der Waals surface area contributed by atoms with E-state index in [-0.39, 0.29) is 5.91 Å². The molecule has 0 bridgehead atoms. The summed E-state index contributed by atoms with van der Waals surface area (Å²) >= 11 is 0. The third-order valence-corrected chi connectivity index (χ3v) is 3.75. The maximum absolute atomic E-state index is 12.1. The lowest BCUT2D eigenvalue weighted by atomic mass is 10.1. The highest BCUT2D eigenvalue weighted by Crippen LogP contribution is 2.19. The Morgan fingerprint density at radius 3 is 2.83 bits per heavy atom. The maximum atomic E-state index is 12.1. The number of hydrogen-bond acceptors (Lipinski definition) is 3. The fraction of sp³-hybridized carbons (Fsp3) is 0.278. The van der Waals surface area contributed by atoms with E-state index in [0.717, 1.165) is 22.3 Å². The molecule has 3 rings (SSSR count). The molecule has 2 heterocycles. The smallest absolute Gasteiger partial charge is 0.224 e. The molecule has 0 saturated carbocycles. The van der Waals surface area contributed by atoms with Crippen LogP contribution in [0, 0.1) is 0 Å². The van der Waals surface area contributed by atoms with Crippen molar-refractivity contribution in [1.29, 1.82) is 0 Å². The number of pyridine rings is 1. The van der Waals surface area contributed by atoms with Crippen molar-refractivity contribution in [2.45, 2.75) is 32.9 Å². The zero-order valence-electron chi connectivity index (χ0n) is 13.4. The topological polar surface area (TPSA) is 59.8 Å². The van der Waals surface area contributed by atoms with Crippen molar-refractivity contribution in [2.75, 3.05) is 0 Å². The van der Waals surface area contributed by atoms with Crippen molar-refractivity contribution in [1.82, 2.24) is 19.9 Å². The van der Waals surface area contributed by atoms with Crippen molar-refractivity contribution in [3.8, 4) is 0 Å². The van der Waals surface area contributed by atoms with E-state index in [9.17, 15) is 4.79 Å². The van der Waals surface area contributed by atoms with Crippen LogP contribution in [0.25, 0.3) is 11.0 Å². The zero-order chi connectivity index (χ0) is 16.2. The summed E-state index contributed by atoms with van der Waals surface area (Å²) < 4.78 is 2.13. The lowest BCUT2D eigenvalue weighted by Gasteiger charge is -2.08. The number of aromatic nitrogens is 3. The summed E-state index contributed by atoms with van der Waals surface area (Å²) in [6.07, 6.45) is 3.91. The molecule has 5 nitrogen and oxygen atoms in total. The Morgan fingerprint density at radius 2 is 2.09 bits per heavy atom. The number of imidazole rings is 1. The first kappa shape index (κ1) is 15.2. The molecule has 3 aromatic rings. The molecule has 23 heavy (non-hydrogen) atoms. The van der Waals surface area contributed by atoms with Gasteiger partial charge in [0.25, 0.3) is 0 Å². The Bertz CT molecular complexity index is 808. The van der Waals surface area contributed by atoms with E-state index in [2.05, 4.69) is 33.7 Å². The molecule has 1 aromatic carbocycles. The molecule has 0 saturated heterocycles. The number of amides is 1. The van der Waals surface area contributed by atoms with Crippen molar-refractivity contribution in [3.05, 3.63) is 60.2 Å².